The van der Waals surface area contributed by atoms with Gasteiger partial charge in [-0.3, -0.25) is 14.5 Å². The van der Waals surface area contributed by atoms with Gasteiger partial charge in [-0.1, -0.05) is 5.16 Å². The second-order valence-electron chi connectivity index (χ2n) is 6.35. The maximum Gasteiger partial charge on any atom is 0.416 e. The predicted octanol–water partition coefficient (Wildman–Crippen LogP) is 3.22. The summed E-state index contributed by atoms with van der Waals surface area (Å²) in [6.07, 6.45) is 3.54. The second-order valence-corrected chi connectivity index (χ2v) is 6.35. The largest absolute Gasteiger partial charge is 0.416 e. The van der Waals surface area contributed by atoms with Crippen LogP contribution >= 0.6 is 0 Å². The third-order valence-electron chi connectivity index (χ3n) is 4.22. The van der Waals surface area contributed by atoms with E-state index in [4.69, 9.17) is 4.52 Å². The molecule has 0 fully saturated rings. The van der Waals surface area contributed by atoms with Crippen LogP contribution in [0.4, 0.5) is 13.2 Å². The number of nitrogens with zero attached hydrogens (tertiary/aromatic N) is 6. The predicted molar refractivity (Wildman–Crippen MR) is 96.1 cm³/mol. The number of Topliss-reactive ketones (excluding diaryl/α,β-unsaturated/α-hetero) is 1. The molecule has 152 valence electrons. The molecular weight excluding hydrogens is 401 g/mol. The molecule has 0 N–H and O–H groups in total. The number of carbonyl (C=O) groups excluding carboxylic acids is 1. The van der Waals surface area contributed by atoms with E-state index in [0.717, 1.165) is 18.5 Å². The number of hydrogen-bond donors (Lipinski definition) is 0. The van der Waals surface area contributed by atoms with Gasteiger partial charge in [0.1, 0.15) is 12.0 Å². The summed E-state index contributed by atoms with van der Waals surface area (Å²) in [6.45, 7) is -0.126. The van der Waals surface area contributed by atoms with Gasteiger partial charge in [-0.15, -0.1) is 0 Å². The molecule has 0 unspecified atom stereocenters. The van der Waals surface area contributed by atoms with Gasteiger partial charge in [0.2, 0.25) is 0 Å². The van der Waals surface area contributed by atoms with Crippen molar-refractivity contribution in [1.82, 2.24) is 29.9 Å². The molecule has 0 bridgehead atoms. The number of carbonyl (C=O) groups is 1. The average molecular weight is 414 g/mol. The highest BCUT2D eigenvalue weighted by molar-refractivity contribution is 5.96. The lowest BCUT2D eigenvalue weighted by atomic mass is 10.1. The van der Waals surface area contributed by atoms with E-state index >= 15 is 0 Å². The molecule has 0 aliphatic rings. The molecule has 0 saturated heterocycles. The summed E-state index contributed by atoms with van der Waals surface area (Å²) in [7, 11) is 0. The third-order valence-corrected chi connectivity index (χ3v) is 4.22. The number of halogens is 3. The number of ketones is 1. The van der Waals surface area contributed by atoms with Crippen LogP contribution < -0.4 is 0 Å². The van der Waals surface area contributed by atoms with Gasteiger partial charge < -0.3 is 4.52 Å². The van der Waals surface area contributed by atoms with Crippen molar-refractivity contribution in [2.75, 3.05) is 0 Å². The van der Waals surface area contributed by atoms with E-state index in [2.05, 4.69) is 25.2 Å². The zero-order chi connectivity index (χ0) is 21.1. The van der Waals surface area contributed by atoms with Crippen LogP contribution in [0.1, 0.15) is 27.2 Å². The van der Waals surface area contributed by atoms with Crippen LogP contribution in [0.3, 0.4) is 0 Å². The Bertz CT molecular complexity index is 1170. The van der Waals surface area contributed by atoms with Crippen molar-refractivity contribution in [1.29, 1.82) is 0 Å². The standard InChI is InChI=1S/C19H13F3N6O2/c20-19(21,22)14-1-3-23-8-13(14)10-28-9-12(7-26-28)5-17(29)16-6-18(30-27-16)15-2-4-24-11-25-15/h1-4,6-9,11H,5,10H2. The van der Waals surface area contributed by atoms with Crippen molar-refractivity contribution in [3.8, 4) is 11.5 Å². The minimum absolute atomic E-state index is 0.0167. The topological polar surface area (TPSA) is 99.6 Å². The number of pyridine rings is 1. The van der Waals surface area contributed by atoms with Crippen LogP contribution in [-0.4, -0.2) is 35.7 Å². The molecule has 4 rings (SSSR count). The highest BCUT2D eigenvalue weighted by Gasteiger charge is 2.33. The Morgan fingerprint density at radius 3 is 2.73 bits per heavy atom. The van der Waals surface area contributed by atoms with E-state index < -0.39 is 11.7 Å². The van der Waals surface area contributed by atoms with Gasteiger partial charge in [0.15, 0.2) is 17.2 Å². The zero-order valence-corrected chi connectivity index (χ0v) is 15.2. The maximum atomic E-state index is 13.1. The van der Waals surface area contributed by atoms with Gasteiger partial charge in [0, 0.05) is 42.8 Å². The second kappa shape index (κ2) is 7.85. The minimum atomic E-state index is -4.49. The molecule has 4 aromatic heterocycles. The van der Waals surface area contributed by atoms with E-state index in [1.54, 1.807) is 6.07 Å². The molecule has 0 radical (unpaired) electrons. The molecule has 30 heavy (non-hydrogen) atoms. The van der Waals surface area contributed by atoms with Crippen molar-refractivity contribution in [2.45, 2.75) is 19.1 Å². The number of rotatable bonds is 6. The Labute approximate surface area is 167 Å². The first-order chi connectivity index (χ1) is 14.4. The van der Waals surface area contributed by atoms with Crippen molar-refractivity contribution < 1.29 is 22.5 Å². The first-order valence-electron chi connectivity index (χ1n) is 8.68. The Morgan fingerprint density at radius 1 is 1.13 bits per heavy atom. The molecule has 4 aromatic rings. The van der Waals surface area contributed by atoms with Gasteiger partial charge in [0.25, 0.3) is 0 Å². The quantitative estimate of drug-likeness (QED) is 0.447. The molecule has 8 nitrogen and oxygen atoms in total. The highest BCUT2D eigenvalue weighted by atomic mass is 19.4. The molecule has 0 amide bonds. The summed E-state index contributed by atoms with van der Waals surface area (Å²) in [6, 6.07) is 4.01. The summed E-state index contributed by atoms with van der Waals surface area (Å²) in [5, 5.41) is 7.80. The minimum Gasteiger partial charge on any atom is -0.354 e. The lowest BCUT2D eigenvalue weighted by Crippen LogP contribution is -2.12. The summed E-state index contributed by atoms with van der Waals surface area (Å²) in [4.78, 5) is 24.0. The first-order valence-corrected chi connectivity index (χ1v) is 8.68. The molecule has 0 aliphatic heterocycles. The normalized spacial score (nSPS) is 11.6. The Hall–Kier alpha value is -3.89. The smallest absolute Gasteiger partial charge is 0.354 e. The van der Waals surface area contributed by atoms with Crippen LogP contribution in [0.15, 0.2) is 60.0 Å². The molecule has 0 saturated carbocycles. The molecule has 0 aliphatic carbocycles. The lowest BCUT2D eigenvalue weighted by molar-refractivity contribution is -0.138. The summed E-state index contributed by atoms with van der Waals surface area (Å²) in [5.74, 6) is 0.00340. The number of aromatic nitrogens is 6. The molecule has 0 spiro atoms. The van der Waals surface area contributed by atoms with Crippen molar-refractivity contribution >= 4 is 5.78 Å². The van der Waals surface area contributed by atoms with Gasteiger partial charge in [0.05, 0.1) is 18.3 Å². The van der Waals surface area contributed by atoms with Crippen LogP contribution in [0.2, 0.25) is 0 Å². The average Bonchev–Trinajstić information content (AvgIpc) is 3.38. The number of alkyl halides is 3. The van der Waals surface area contributed by atoms with E-state index in [1.807, 2.05) is 0 Å². The summed E-state index contributed by atoms with van der Waals surface area (Å²) in [5.41, 5.74) is 0.343. The molecular formula is C19H13F3N6O2. The molecule has 11 heteroatoms. The first kappa shape index (κ1) is 19.4. The van der Waals surface area contributed by atoms with E-state index in [1.165, 1.54) is 35.7 Å². The van der Waals surface area contributed by atoms with E-state index in [9.17, 15) is 18.0 Å². The SMILES string of the molecule is O=C(Cc1cnn(Cc2cnccc2C(F)(F)F)c1)c1cc(-c2ccncn2)on1. The van der Waals surface area contributed by atoms with Gasteiger partial charge in [-0.05, 0) is 17.7 Å². The van der Waals surface area contributed by atoms with Gasteiger partial charge in [-0.25, -0.2) is 9.97 Å². The van der Waals surface area contributed by atoms with Gasteiger partial charge >= 0.3 is 6.18 Å². The van der Waals surface area contributed by atoms with Crippen LogP contribution in [-0.2, 0) is 19.1 Å². The fourth-order valence-corrected chi connectivity index (χ4v) is 2.83. The van der Waals surface area contributed by atoms with Crippen LogP contribution in [0, 0.1) is 0 Å². The summed E-state index contributed by atoms with van der Waals surface area (Å²) < 4.78 is 45.8. The summed E-state index contributed by atoms with van der Waals surface area (Å²) >= 11 is 0. The fraction of sp³-hybridized carbons (Fsp3) is 0.158. The maximum absolute atomic E-state index is 13.1. The fourth-order valence-electron chi connectivity index (χ4n) is 2.83. The zero-order valence-electron chi connectivity index (χ0n) is 15.2. The molecule has 0 aromatic carbocycles. The molecule has 4 heterocycles. The van der Waals surface area contributed by atoms with Gasteiger partial charge in [-0.2, -0.15) is 18.3 Å². The highest BCUT2D eigenvalue weighted by Crippen LogP contribution is 2.31. The van der Waals surface area contributed by atoms with Crippen molar-refractivity contribution in [3.05, 3.63) is 77.9 Å². The van der Waals surface area contributed by atoms with Crippen molar-refractivity contribution in [2.24, 2.45) is 0 Å². The number of hydrogen-bond acceptors (Lipinski definition) is 7. The monoisotopic (exact) mass is 414 g/mol. The van der Waals surface area contributed by atoms with E-state index in [-0.39, 0.29) is 30.0 Å². The van der Waals surface area contributed by atoms with Crippen LogP contribution in [0.5, 0.6) is 0 Å². The Morgan fingerprint density at radius 2 is 1.97 bits per heavy atom. The third kappa shape index (κ3) is 4.24. The van der Waals surface area contributed by atoms with Crippen molar-refractivity contribution in [3.63, 3.8) is 0 Å². The van der Waals surface area contributed by atoms with Crippen LogP contribution in [0.25, 0.3) is 11.5 Å². The Balaban J connectivity index is 1.46. The Kier molecular flexibility index (Phi) is 5.09. The lowest BCUT2D eigenvalue weighted by Gasteiger charge is -2.11. The van der Waals surface area contributed by atoms with E-state index in [0.29, 0.717) is 17.0 Å². The molecule has 0 atom stereocenters.